The maximum Gasteiger partial charge on any atom is 0.511 e. The van der Waals surface area contributed by atoms with Crippen LogP contribution in [0.4, 0.5) is 18.9 Å². The fraction of sp³-hybridized carbons (Fsp3) is 0.550. The summed E-state index contributed by atoms with van der Waals surface area (Å²) in [6, 6.07) is 3.41. The average Bonchev–Trinajstić information content (AvgIpc) is 3.06. The smallest absolute Gasteiger partial charge is 0.361 e. The van der Waals surface area contributed by atoms with Gasteiger partial charge in [0.2, 0.25) is 0 Å². The molecule has 0 spiro atoms. The lowest BCUT2D eigenvalue weighted by Crippen LogP contribution is -2.66. The zero-order valence-electron chi connectivity index (χ0n) is 16.8. The normalized spacial score (nSPS) is 28.5. The molecule has 1 N–H and O–H groups in total. The zero-order valence-corrected chi connectivity index (χ0v) is 19.2. The molecule has 31 heavy (non-hydrogen) atoms. The van der Waals surface area contributed by atoms with Crippen LogP contribution in [0.25, 0.3) is 0 Å². The van der Waals surface area contributed by atoms with Gasteiger partial charge in [0.05, 0.1) is 18.6 Å². The fourth-order valence-corrected chi connectivity index (χ4v) is 6.74. The quantitative estimate of drug-likeness (QED) is 0.654. The van der Waals surface area contributed by atoms with Crippen molar-refractivity contribution in [2.75, 3.05) is 11.4 Å². The summed E-state index contributed by atoms with van der Waals surface area (Å²) in [5, 5.41) is 0. The minimum atomic E-state index is -5.47. The van der Waals surface area contributed by atoms with Gasteiger partial charge in [-0.2, -0.15) is 17.5 Å². The van der Waals surface area contributed by atoms with Gasteiger partial charge < -0.3 is 9.88 Å². The summed E-state index contributed by atoms with van der Waals surface area (Å²) >= 11 is 3.45. The predicted octanol–water partition coefficient (Wildman–Crippen LogP) is 4.32. The number of nitrogens with one attached hydrogen (secondary N) is 1. The van der Waals surface area contributed by atoms with Crippen LogP contribution in [0.5, 0.6) is 0 Å². The molecule has 0 radical (unpaired) electrons. The number of aromatic nitrogens is 2. The number of H-pyrrole nitrogens is 1. The second-order valence-corrected chi connectivity index (χ2v) is 11.8. The fourth-order valence-electron chi connectivity index (χ4n) is 5.44. The monoisotopic (exact) mass is 518 g/mol. The second-order valence-electron chi connectivity index (χ2n) is 8.97. The molecule has 6 rings (SSSR count). The molecule has 3 saturated carbocycles. The predicted molar refractivity (Wildman–Crippen MR) is 113 cm³/mol. The number of halogens is 4. The number of alkyl halides is 3. The van der Waals surface area contributed by atoms with Crippen LogP contribution < -0.4 is 4.90 Å². The Morgan fingerprint density at radius 2 is 2.00 bits per heavy atom. The van der Waals surface area contributed by atoms with Gasteiger partial charge in [-0.15, -0.1) is 0 Å². The SMILES string of the molecule is Cc1c(Br)ccc2c1CN(S(=O)(=O)C(F)(F)F)C[C@@H](C13CC(C1)C3)N2Cc1cnc[nH]1. The van der Waals surface area contributed by atoms with Crippen molar-refractivity contribution in [3.8, 4) is 0 Å². The van der Waals surface area contributed by atoms with Gasteiger partial charge in [0.15, 0.2) is 0 Å². The van der Waals surface area contributed by atoms with E-state index in [1.54, 1.807) is 19.4 Å². The molecule has 168 valence electrons. The topological polar surface area (TPSA) is 69.3 Å². The standard InChI is InChI=1S/C20H22BrF3N4O2S/c1-12-15-9-27(31(29,30)20(22,23)24)10-18(19-4-13(5-19)6-19)28(8-14-7-25-11-26-14)17(15)3-2-16(12)21/h2-3,7,11,13,18H,4-6,8-10H2,1H3,(H,25,26)/t13?,18-,19?/m0/s1. The lowest BCUT2D eigenvalue weighted by Gasteiger charge is -2.67. The van der Waals surface area contributed by atoms with Crippen molar-refractivity contribution < 1.29 is 21.6 Å². The lowest BCUT2D eigenvalue weighted by molar-refractivity contribution is -0.129. The summed E-state index contributed by atoms with van der Waals surface area (Å²) in [5.74, 6) is 0.607. The number of imidazole rings is 1. The van der Waals surface area contributed by atoms with Crippen molar-refractivity contribution in [1.29, 1.82) is 0 Å². The number of sulfonamides is 1. The highest BCUT2D eigenvalue weighted by Crippen LogP contribution is 2.67. The van der Waals surface area contributed by atoms with E-state index >= 15 is 0 Å². The molecule has 11 heteroatoms. The molecule has 2 aromatic rings. The number of benzene rings is 1. The summed E-state index contributed by atoms with van der Waals surface area (Å²) in [7, 11) is -5.47. The van der Waals surface area contributed by atoms with E-state index < -0.39 is 15.5 Å². The Bertz CT molecular complexity index is 1100. The first-order chi connectivity index (χ1) is 14.5. The summed E-state index contributed by atoms with van der Waals surface area (Å²) in [5.41, 5.74) is -2.54. The van der Waals surface area contributed by atoms with Crippen molar-refractivity contribution in [2.24, 2.45) is 11.3 Å². The summed E-state index contributed by atoms with van der Waals surface area (Å²) in [6.45, 7) is 1.73. The summed E-state index contributed by atoms with van der Waals surface area (Å²) in [4.78, 5) is 9.25. The van der Waals surface area contributed by atoms with Crippen LogP contribution >= 0.6 is 15.9 Å². The first-order valence-corrected chi connectivity index (χ1v) is 12.3. The number of rotatable bonds is 4. The van der Waals surface area contributed by atoms with E-state index in [0.717, 1.165) is 40.7 Å². The van der Waals surface area contributed by atoms with Gasteiger partial charge in [-0.05, 0) is 60.8 Å². The molecule has 0 unspecified atom stereocenters. The minimum Gasteiger partial charge on any atom is -0.361 e. The first kappa shape index (κ1) is 21.3. The van der Waals surface area contributed by atoms with Gasteiger partial charge in [0.1, 0.15) is 0 Å². The van der Waals surface area contributed by atoms with E-state index in [9.17, 15) is 21.6 Å². The van der Waals surface area contributed by atoms with Gasteiger partial charge in [0, 0.05) is 35.5 Å². The van der Waals surface area contributed by atoms with Crippen molar-refractivity contribution >= 4 is 31.6 Å². The Morgan fingerprint density at radius 3 is 2.55 bits per heavy atom. The Balaban J connectivity index is 1.66. The Morgan fingerprint density at radius 1 is 1.29 bits per heavy atom. The highest BCUT2D eigenvalue weighted by atomic mass is 79.9. The van der Waals surface area contributed by atoms with Crippen LogP contribution in [-0.2, 0) is 23.1 Å². The van der Waals surface area contributed by atoms with Gasteiger partial charge in [-0.3, -0.25) is 0 Å². The molecule has 3 aliphatic carbocycles. The third kappa shape index (κ3) is 3.22. The largest absolute Gasteiger partial charge is 0.511 e. The van der Waals surface area contributed by atoms with Crippen LogP contribution in [0.1, 0.15) is 36.1 Å². The van der Waals surface area contributed by atoms with Crippen LogP contribution in [0.2, 0.25) is 0 Å². The maximum absolute atomic E-state index is 13.6. The lowest BCUT2D eigenvalue weighted by atomic mass is 9.41. The van der Waals surface area contributed by atoms with E-state index in [2.05, 4.69) is 30.8 Å². The third-order valence-electron chi connectivity index (χ3n) is 7.22. The summed E-state index contributed by atoms with van der Waals surface area (Å²) in [6.07, 6.45) is 6.06. The molecule has 1 aromatic carbocycles. The first-order valence-electron chi connectivity index (χ1n) is 10.1. The van der Waals surface area contributed by atoms with Gasteiger partial charge in [-0.25, -0.2) is 13.4 Å². The maximum atomic E-state index is 13.6. The Labute approximate surface area is 187 Å². The van der Waals surface area contributed by atoms with E-state index in [4.69, 9.17) is 0 Å². The van der Waals surface area contributed by atoms with Crippen LogP contribution in [0.15, 0.2) is 29.1 Å². The van der Waals surface area contributed by atoms with E-state index in [1.807, 2.05) is 12.1 Å². The molecular formula is C20H22BrF3N4O2S. The number of hydrogen-bond acceptors (Lipinski definition) is 4. The van der Waals surface area contributed by atoms with Crippen LogP contribution in [-0.4, -0.2) is 40.8 Å². The number of nitrogens with zero attached hydrogens (tertiary/aromatic N) is 3. The summed E-state index contributed by atoms with van der Waals surface area (Å²) < 4.78 is 67.2. The van der Waals surface area contributed by atoms with Crippen molar-refractivity contribution in [3.05, 3.63) is 46.0 Å². The van der Waals surface area contributed by atoms with Crippen molar-refractivity contribution in [1.82, 2.24) is 14.3 Å². The van der Waals surface area contributed by atoms with E-state index in [1.165, 1.54) is 0 Å². The minimum absolute atomic E-state index is 0.146. The van der Waals surface area contributed by atoms with Crippen LogP contribution in [0.3, 0.4) is 0 Å². The van der Waals surface area contributed by atoms with Crippen molar-refractivity contribution in [2.45, 2.75) is 50.8 Å². The van der Waals surface area contributed by atoms with Gasteiger partial charge >= 0.3 is 15.5 Å². The number of fused-ring (bicyclic) bond motifs is 1. The van der Waals surface area contributed by atoms with Crippen LogP contribution in [0, 0.1) is 18.3 Å². The molecule has 0 saturated heterocycles. The van der Waals surface area contributed by atoms with E-state index in [0.29, 0.717) is 22.3 Å². The molecule has 6 nitrogen and oxygen atoms in total. The second kappa shape index (κ2) is 6.95. The molecular weight excluding hydrogens is 497 g/mol. The molecule has 3 fully saturated rings. The molecule has 2 heterocycles. The van der Waals surface area contributed by atoms with Gasteiger partial charge in [-0.1, -0.05) is 15.9 Å². The van der Waals surface area contributed by atoms with Gasteiger partial charge in [0.25, 0.3) is 0 Å². The number of aromatic amines is 1. The van der Waals surface area contributed by atoms with Crippen molar-refractivity contribution in [3.63, 3.8) is 0 Å². The zero-order chi connectivity index (χ0) is 22.2. The Kier molecular flexibility index (Phi) is 4.77. The Hall–Kier alpha value is -1.59. The third-order valence-corrected chi connectivity index (χ3v) is 9.63. The van der Waals surface area contributed by atoms with E-state index in [-0.39, 0.29) is 24.5 Å². The molecule has 0 amide bonds. The number of anilines is 1. The molecule has 2 bridgehead atoms. The molecule has 4 aliphatic rings. The molecule has 1 aromatic heterocycles. The molecule has 1 atom stereocenters. The average molecular weight is 519 g/mol. The highest BCUT2D eigenvalue weighted by molar-refractivity contribution is 9.10. The highest BCUT2D eigenvalue weighted by Gasteiger charge is 2.63. The number of hydrogen-bond donors (Lipinski definition) is 1. The molecule has 1 aliphatic heterocycles.